The molecule has 7 nitrogen and oxygen atoms in total. The fourth-order valence-electron chi connectivity index (χ4n) is 2.27. The van der Waals surface area contributed by atoms with E-state index >= 15 is 0 Å². The molecule has 0 unspecified atom stereocenters. The molecule has 2 N–H and O–H groups in total. The van der Waals surface area contributed by atoms with Crippen molar-refractivity contribution in [3.05, 3.63) is 60.2 Å². The molecule has 0 fully saturated rings. The largest absolute Gasteiger partial charge is 0.497 e. The lowest BCUT2D eigenvalue weighted by molar-refractivity contribution is -0.120. The number of hydrogen-bond acceptors (Lipinski definition) is 5. The number of benzene rings is 1. The van der Waals surface area contributed by atoms with Crippen LogP contribution in [0.3, 0.4) is 0 Å². The molecule has 3 rings (SSSR count). The summed E-state index contributed by atoms with van der Waals surface area (Å²) < 4.78 is 10.3. The van der Waals surface area contributed by atoms with Gasteiger partial charge in [-0.25, -0.2) is 4.98 Å². The summed E-state index contributed by atoms with van der Waals surface area (Å²) >= 11 is 0. The Kier molecular flexibility index (Phi) is 4.94. The third-order valence-corrected chi connectivity index (χ3v) is 3.58. The lowest BCUT2D eigenvalue weighted by atomic mass is 10.2. The van der Waals surface area contributed by atoms with Crippen molar-refractivity contribution < 1.29 is 18.7 Å². The summed E-state index contributed by atoms with van der Waals surface area (Å²) in [5.41, 5.74) is 0.923. The van der Waals surface area contributed by atoms with Gasteiger partial charge in [-0.2, -0.15) is 0 Å². The summed E-state index contributed by atoms with van der Waals surface area (Å²) in [5.74, 6) is 0.646. The van der Waals surface area contributed by atoms with Crippen molar-refractivity contribution in [1.82, 2.24) is 15.6 Å². The Labute approximate surface area is 144 Å². The highest BCUT2D eigenvalue weighted by Gasteiger charge is 2.10. The molecular formula is C18H17N3O4. The van der Waals surface area contributed by atoms with Crippen LogP contribution in [0, 0.1) is 0 Å². The maximum atomic E-state index is 12.2. The minimum atomic E-state index is -0.411. The number of aromatic nitrogens is 1. The fraction of sp³-hybridized carbons (Fsp3) is 0.167. The maximum absolute atomic E-state index is 12.2. The molecule has 0 aliphatic heterocycles. The molecule has 0 radical (unpaired) electrons. The van der Waals surface area contributed by atoms with Crippen LogP contribution in [0.5, 0.6) is 5.75 Å². The summed E-state index contributed by atoms with van der Waals surface area (Å²) in [4.78, 5) is 28.2. The van der Waals surface area contributed by atoms with Crippen LogP contribution in [-0.4, -0.2) is 30.5 Å². The zero-order valence-electron chi connectivity index (χ0n) is 13.6. The first-order valence-corrected chi connectivity index (χ1v) is 7.68. The number of furan rings is 1. The normalized spacial score (nSPS) is 10.4. The van der Waals surface area contributed by atoms with Crippen LogP contribution in [0.15, 0.2) is 53.1 Å². The van der Waals surface area contributed by atoms with Crippen molar-refractivity contribution >= 4 is 22.7 Å². The molecule has 0 atom stereocenters. The van der Waals surface area contributed by atoms with Crippen LogP contribution in [0.2, 0.25) is 0 Å². The topological polar surface area (TPSA) is 93.5 Å². The predicted octanol–water partition coefficient (Wildman–Crippen LogP) is 1.88. The van der Waals surface area contributed by atoms with Gasteiger partial charge >= 0.3 is 0 Å². The first-order valence-electron chi connectivity index (χ1n) is 7.68. The Morgan fingerprint density at radius 1 is 1.16 bits per heavy atom. The minimum Gasteiger partial charge on any atom is -0.497 e. The number of carbonyl (C=O) groups is 2. The van der Waals surface area contributed by atoms with Crippen molar-refractivity contribution in [3.8, 4) is 5.75 Å². The average molecular weight is 339 g/mol. The van der Waals surface area contributed by atoms with Gasteiger partial charge in [0.2, 0.25) is 5.91 Å². The van der Waals surface area contributed by atoms with Gasteiger partial charge in [0.1, 0.15) is 17.2 Å². The Morgan fingerprint density at radius 3 is 2.80 bits per heavy atom. The SMILES string of the molecule is COc1ccc2nc(C(=O)NCC(=O)NCc3ccco3)ccc2c1. The number of pyridine rings is 1. The molecule has 0 saturated heterocycles. The van der Waals surface area contributed by atoms with Crippen molar-refractivity contribution in [2.75, 3.05) is 13.7 Å². The van der Waals surface area contributed by atoms with Gasteiger partial charge in [0.25, 0.3) is 5.91 Å². The molecule has 2 amide bonds. The lowest BCUT2D eigenvalue weighted by Gasteiger charge is -2.07. The van der Waals surface area contributed by atoms with E-state index in [4.69, 9.17) is 9.15 Å². The quantitative estimate of drug-likeness (QED) is 0.715. The number of fused-ring (bicyclic) bond motifs is 1. The Hall–Kier alpha value is -3.35. The molecule has 2 aromatic heterocycles. The van der Waals surface area contributed by atoms with Gasteiger partial charge in [-0.05, 0) is 36.4 Å². The Balaban J connectivity index is 1.57. The zero-order chi connectivity index (χ0) is 17.6. The Morgan fingerprint density at radius 2 is 2.04 bits per heavy atom. The molecule has 0 aliphatic carbocycles. The van der Waals surface area contributed by atoms with Crippen LogP contribution >= 0.6 is 0 Å². The number of hydrogen-bond donors (Lipinski definition) is 2. The standard InChI is InChI=1S/C18H17N3O4/c1-24-13-5-7-15-12(9-13)4-6-16(21-15)18(23)20-11-17(22)19-10-14-3-2-8-25-14/h2-9H,10-11H2,1H3,(H,19,22)(H,20,23). The Bertz CT molecular complexity index is 890. The second-order valence-corrected chi connectivity index (χ2v) is 5.29. The van der Waals surface area contributed by atoms with Crippen molar-refractivity contribution in [3.63, 3.8) is 0 Å². The monoisotopic (exact) mass is 339 g/mol. The highest BCUT2D eigenvalue weighted by molar-refractivity contribution is 5.96. The third-order valence-electron chi connectivity index (χ3n) is 3.58. The van der Waals surface area contributed by atoms with Crippen LogP contribution in [-0.2, 0) is 11.3 Å². The van der Waals surface area contributed by atoms with Crippen molar-refractivity contribution in [2.45, 2.75) is 6.54 Å². The van der Waals surface area contributed by atoms with E-state index in [0.717, 1.165) is 11.1 Å². The third kappa shape index (κ3) is 4.14. The number of methoxy groups -OCH3 is 1. The first-order chi connectivity index (χ1) is 12.2. The second-order valence-electron chi connectivity index (χ2n) is 5.29. The molecule has 3 aromatic rings. The first kappa shape index (κ1) is 16.5. The van der Waals surface area contributed by atoms with Gasteiger partial charge in [0.05, 0.1) is 32.0 Å². The van der Waals surface area contributed by atoms with E-state index in [1.54, 1.807) is 43.5 Å². The average Bonchev–Trinajstić information content (AvgIpc) is 3.17. The molecular weight excluding hydrogens is 322 g/mol. The van der Waals surface area contributed by atoms with E-state index in [2.05, 4.69) is 15.6 Å². The fourth-order valence-corrected chi connectivity index (χ4v) is 2.27. The van der Waals surface area contributed by atoms with Crippen LogP contribution in [0.4, 0.5) is 0 Å². The summed E-state index contributed by atoms with van der Waals surface area (Å²) in [6.45, 7) is 0.139. The predicted molar refractivity (Wildman–Crippen MR) is 91.2 cm³/mol. The summed E-state index contributed by atoms with van der Waals surface area (Å²) in [5, 5.41) is 6.07. The second kappa shape index (κ2) is 7.48. The van der Waals surface area contributed by atoms with Gasteiger partial charge in [0.15, 0.2) is 0 Å². The van der Waals surface area contributed by atoms with Crippen LogP contribution in [0.1, 0.15) is 16.2 Å². The summed E-state index contributed by atoms with van der Waals surface area (Å²) in [6.07, 6.45) is 1.53. The van der Waals surface area contributed by atoms with E-state index in [9.17, 15) is 9.59 Å². The molecule has 0 aliphatic rings. The molecule has 2 heterocycles. The van der Waals surface area contributed by atoms with E-state index < -0.39 is 5.91 Å². The zero-order valence-corrected chi connectivity index (χ0v) is 13.6. The van der Waals surface area contributed by atoms with Crippen molar-refractivity contribution in [1.29, 1.82) is 0 Å². The molecule has 25 heavy (non-hydrogen) atoms. The summed E-state index contributed by atoms with van der Waals surface area (Å²) in [6, 6.07) is 12.3. The highest BCUT2D eigenvalue weighted by Crippen LogP contribution is 2.19. The molecule has 7 heteroatoms. The number of carbonyl (C=O) groups excluding carboxylic acids is 2. The number of amides is 2. The molecule has 1 aromatic carbocycles. The molecule has 0 bridgehead atoms. The number of ether oxygens (including phenoxy) is 1. The number of nitrogens with zero attached hydrogens (tertiary/aromatic N) is 1. The lowest BCUT2D eigenvalue weighted by Crippen LogP contribution is -2.36. The van der Waals surface area contributed by atoms with Gasteiger partial charge in [-0.15, -0.1) is 0 Å². The van der Waals surface area contributed by atoms with Gasteiger partial charge in [-0.3, -0.25) is 9.59 Å². The number of rotatable bonds is 6. The van der Waals surface area contributed by atoms with E-state index in [-0.39, 0.29) is 24.7 Å². The van der Waals surface area contributed by atoms with Gasteiger partial charge in [0, 0.05) is 5.39 Å². The molecule has 0 saturated carbocycles. The molecule has 128 valence electrons. The minimum absolute atomic E-state index is 0.137. The van der Waals surface area contributed by atoms with Gasteiger partial charge < -0.3 is 19.8 Å². The highest BCUT2D eigenvalue weighted by atomic mass is 16.5. The van der Waals surface area contributed by atoms with E-state index in [1.165, 1.54) is 6.26 Å². The van der Waals surface area contributed by atoms with Crippen molar-refractivity contribution in [2.24, 2.45) is 0 Å². The molecule has 0 spiro atoms. The van der Waals surface area contributed by atoms with E-state index in [0.29, 0.717) is 11.3 Å². The van der Waals surface area contributed by atoms with E-state index in [1.807, 2.05) is 6.07 Å². The summed E-state index contributed by atoms with van der Waals surface area (Å²) in [7, 11) is 1.59. The van der Waals surface area contributed by atoms with Crippen LogP contribution in [0.25, 0.3) is 10.9 Å². The van der Waals surface area contributed by atoms with Gasteiger partial charge in [-0.1, -0.05) is 6.07 Å². The maximum Gasteiger partial charge on any atom is 0.270 e. The van der Waals surface area contributed by atoms with Crippen LogP contribution < -0.4 is 15.4 Å². The number of nitrogens with one attached hydrogen (secondary N) is 2. The smallest absolute Gasteiger partial charge is 0.270 e.